The van der Waals surface area contributed by atoms with Gasteiger partial charge in [-0.3, -0.25) is 4.90 Å². The zero-order chi connectivity index (χ0) is 13.4. The van der Waals surface area contributed by atoms with E-state index >= 15 is 0 Å². The van der Waals surface area contributed by atoms with Crippen molar-refractivity contribution in [2.75, 3.05) is 40.5 Å². The maximum absolute atomic E-state index is 13.3. The van der Waals surface area contributed by atoms with Crippen LogP contribution in [0.3, 0.4) is 0 Å². The van der Waals surface area contributed by atoms with Crippen molar-refractivity contribution >= 4 is 15.9 Å². The van der Waals surface area contributed by atoms with Crippen LogP contribution in [-0.4, -0.2) is 45.4 Å². The van der Waals surface area contributed by atoms with Crippen LogP contribution < -0.4 is 0 Å². The second-order valence-electron chi connectivity index (χ2n) is 4.04. The molecule has 1 rings (SSSR count). The zero-order valence-corrected chi connectivity index (χ0v) is 12.4. The quantitative estimate of drug-likeness (QED) is 0.735. The van der Waals surface area contributed by atoms with Crippen molar-refractivity contribution in [1.29, 1.82) is 0 Å². The number of benzene rings is 1. The molecular formula is C13H19BrFNO2. The average molecular weight is 320 g/mol. The van der Waals surface area contributed by atoms with Gasteiger partial charge in [0.2, 0.25) is 0 Å². The molecule has 0 amide bonds. The Kier molecular flexibility index (Phi) is 7.42. The van der Waals surface area contributed by atoms with Crippen LogP contribution in [0, 0.1) is 5.82 Å². The number of hydrogen-bond donors (Lipinski definition) is 0. The number of nitrogens with zero attached hydrogens (tertiary/aromatic N) is 1. The fourth-order valence-electron chi connectivity index (χ4n) is 1.67. The minimum Gasteiger partial charge on any atom is -0.383 e. The Morgan fingerprint density at radius 2 is 1.72 bits per heavy atom. The number of hydrogen-bond acceptors (Lipinski definition) is 3. The highest BCUT2D eigenvalue weighted by molar-refractivity contribution is 9.10. The molecule has 0 saturated carbocycles. The SMILES string of the molecule is COCCN(CCOC)Cc1cc(F)cc(Br)c1. The van der Waals surface area contributed by atoms with E-state index in [1.165, 1.54) is 6.07 Å². The molecule has 0 bridgehead atoms. The van der Waals surface area contributed by atoms with Crippen molar-refractivity contribution in [2.45, 2.75) is 6.54 Å². The molecule has 0 aliphatic carbocycles. The predicted octanol–water partition coefficient (Wildman–Crippen LogP) is 2.68. The van der Waals surface area contributed by atoms with Crippen LogP contribution in [-0.2, 0) is 16.0 Å². The molecule has 0 fully saturated rings. The topological polar surface area (TPSA) is 21.7 Å². The fraction of sp³-hybridized carbons (Fsp3) is 0.538. The smallest absolute Gasteiger partial charge is 0.124 e. The molecule has 1 aromatic rings. The van der Waals surface area contributed by atoms with Gasteiger partial charge in [-0.05, 0) is 23.8 Å². The van der Waals surface area contributed by atoms with Gasteiger partial charge in [0.05, 0.1) is 13.2 Å². The molecule has 0 atom stereocenters. The van der Waals surface area contributed by atoms with Gasteiger partial charge in [-0.1, -0.05) is 15.9 Å². The molecule has 0 spiro atoms. The Labute approximate surface area is 116 Å². The Balaban J connectivity index is 2.62. The lowest BCUT2D eigenvalue weighted by molar-refractivity contribution is 0.110. The highest BCUT2D eigenvalue weighted by Crippen LogP contribution is 2.16. The Morgan fingerprint density at radius 3 is 2.22 bits per heavy atom. The van der Waals surface area contributed by atoms with Crippen LogP contribution in [0.5, 0.6) is 0 Å². The van der Waals surface area contributed by atoms with E-state index in [4.69, 9.17) is 9.47 Å². The molecule has 0 heterocycles. The number of methoxy groups -OCH3 is 2. The van der Waals surface area contributed by atoms with E-state index in [1.54, 1.807) is 20.3 Å². The van der Waals surface area contributed by atoms with Crippen molar-refractivity contribution in [3.05, 3.63) is 34.1 Å². The summed E-state index contributed by atoms with van der Waals surface area (Å²) in [6.07, 6.45) is 0. The first-order valence-corrected chi connectivity index (χ1v) is 6.60. The van der Waals surface area contributed by atoms with Gasteiger partial charge < -0.3 is 9.47 Å². The first-order chi connectivity index (χ1) is 8.65. The van der Waals surface area contributed by atoms with Gasteiger partial charge in [-0.25, -0.2) is 4.39 Å². The summed E-state index contributed by atoms with van der Waals surface area (Å²) < 4.78 is 24.2. The van der Waals surface area contributed by atoms with E-state index in [-0.39, 0.29) is 5.82 Å². The lowest BCUT2D eigenvalue weighted by atomic mass is 10.2. The number of ether oxygens (including phenoxy) is 2. The molecule has 5 heteroatoms. The molecular weight excluding hydrogens is 301 g/mol. The Morgan fingerprint density at radius 1 is 1.11 bits per heavy atom. The normalized spacial score (nSPS) is 11.2. The number of rotatable bonds is 8. The highest BCUT2D eigenvalue weighted by Gasteiger charge is 2.07. The van der Waals surface area contributed by atoms with E-state index in [2.05, 4.69) is 20.8 Å². The molecule has 102 valence electrons. The van der Waals surface area contributed by atoms with Crippen LogP contribution >= 0.6 is 15.9 Å². The van der Waals surface area contributed by atoms with Crippen molar-refractivity contribution < 1.29 is 13.9 Å². The van der Waals surface area contributed by atoms with Crippen molar-refractivity contribution in [1.82, 2.24) is 4.90 Å². The summed E-state index contributed by atoms with van der Waals surface area (Å²) in [6, 6.07) is 4.94. The van der Waals surface area contributed by atoms with Crippen LogP contribution in [0.1, 0.15) is 5.56 Å². The molecule has 0 aliphatic heterocycles. The Hall–Kier alpha value is -0.490. The van der Waals surface area contributed by atoms with Gasteiger partial charge in [-0.2, -0.15) is 0 Å². The summed E-state index contributed by atoms with van der Waals surface area (Å²) >= 11 is 3.30. The van der Waals surface area contributed by atoms with E-state index in [0.29, 0.717) is 19.8 Å². The third-order valence-corrected chi connectivity index (χ3v) is 3.01. The molecule has 0 N–H and O–H groups in total. The minimum atomic E-state index is -0.224. The van der Waals surface area contributed by atoms with Crippen LogP contribution in [0.25, 0.3) is 0 Å². The minimum absolute atomic E-state index is 0.224. The van der Waals surface area contributed by atoms with Crippen LogP contribution in [0.4, 0.5) is 4.39 Å². The molecule has 18 heavy (non-hydrogen) atoms. The standard InChI is InChI=1S/C13H19BrFNO2/c1-17-5-3-16(4-6-18-2)10-11-7-12(14)9-13(15)8-11/h7-9H,3-6,10H2,1-2H3. The monoisotopic (exact) mass is 319 g/mol. The van der Waals surface area contributed by atoms with Gasteiger partial charge >= 0.3 is 0 Å². The van der Waals surface area contributed by atoms with E-state index in [9.17, 15) is 4.39 Å². The fourth-order valence-corrected chi connectivity index (χ4v) is 2.18. The summed E-state index contributed by atoms with van der Waals surface area (Å²) in [5.41, 5.74) is 0.939. The van der Waals surface area contributed by atoms with Crippen molar-refractivity contribution in [2.24, 2.45) is 0 Å². The molecule has 0 unspecified atom stereocenters. The molecule has 0 radical (unpaired) electrons. The van der Waals surface area contributed by atoms with Crippen LogP contribution in [0.2, 0.25) is 0 Å². The van der Waals surface area contributed by atoms with E-state index in [0.717, 1.165) is 23.1 Å². The third kappa shape index (κ3) is 5.91. The summed E-state index contributed by atoms with van der Waals surface area (Å²) in [5, 5.41) is 0. The second-order valence-corrected chi connectivity index (χ2v) is 4.96. The van der Waals surface area contributed by atoms with Crippen molar-refractivity contribution in [3.8, 4) is 0 Å². The molecule has 0 aromatic heterocycles. The van der Waals surface area contributed by atoms with Crippen LogP contribution in [0.15, 0.2) is 22.7 Å². The van der Waals surface area contributed by atoms with E-state index in [1.807, 2.05) is 6.07 Å². The van der Waals surface area contributed by atoms with Gasteiger partial charge in [0, 0.05) is 38.3 Å². The van der Waals surface area contributed by atoms with Gasteiger partial charge in [0.25, 0.3) is 0 Å². The average Bonchev–Trinajstić information content (AvgIpc) is 2.31. The molecule has 0 saturated heterocycles. The van der Waals surface area contributed by atoms with Crippen molar-refractivity contribution in [3.63, 3.8) is 0 Å². The van der Waals surface area contributed by atoms with Gasteiger partial charge in [0.1, 0.15) is 5.82 Å². The lowest BCUT2D eigenvalue weighted by Gasteiger charge is -2.21. The first-order valence-electron chi connectivity index (χ1n) is 5.81. The molecule has 3 nitrogen and oxygen atoms in total. The Bertz CT molecular complexity index is 335. The largest absolute Gasteiger partial charge is 0.383 e. The van der Waals surface area contributed by atoms with Gasteiger partial charge in [-0.15, -0.1) is 0 Å². The first kappa shape index (κ1) is 15.6. The second kappa shape index (κ2) is 8.58. The zero-order valence-electron chi connectivity index (χ0n) is 10.8. The summed E-state index contributed by atoms with van der Waals surface area (Å²) in [4.78, 5) is 2.17. The van der Waals surface area contributed by atoms with E-state index < -0.39 is 0 Å². The summed E-state index contributed by atoms with van der Waals surface area (Å²) in [6.45, 7) is 3.59. The van der Waals surface area contributed by atoms with Gasteiger partial charge in [0.15, 0.2) is 0 Å². The predicted molar refractivity (Wildman–Crippen MR) is 73.1 cm³/mol. The molecule has 0 aliphatic rings. The highest BCUT2D eigenvalue weighted by atomic mass is 79.9. The summed E-state index contributed by atoms with van der Waals surface area (Å²) in [5.74, 6) is -0.224. The third-order valence-electron chi connectivity index (χ3n) is 2.55. The maximum atomic E-state index is 13.3. The lowest BCUT2D eigenvalue weighted by Crippen LogP contribution is -2.30. The molecule has 1 aromatic carbocycles. The maximum Gasteiger partial charge on any atom is 0.124 e. The summed E-state index contributed by atoms with van der Waals surface area (Å²) in [7, 11) is 3.35. The number of halogens is 2.